The van der Waals surface area contributed by atoms with E-state index in [-0.39, 0.29) is 5.75 Å². The predicted octanol–water partition coefficient (Wildman–Crippen LogP) is -1.19. The highest BCUT2D eigenvalue weighted by Crippen LogP contribution is 2.16. The molecule has 1 N–H and O–H groups in total. The highest BCUT2D eigenvalue weighted by molar-refractivity contribution is 7.99. The molecule has 1 aliphatic rings. The molecule has 0 aromatic heterocycles. The number of nitrogens with zero attached hydrogens (tertiary/aromatic N) is 1. The molecule has 0 aromatic rings. The Morgan fingerprint density at radius 2 is 2.25 bits per heavy atom. The molecule has 44 valence electrons. The highest BCUT2D eigenvalue weighted by Gasteiger charge is 2.43. The van der Waals surface area contributed by atoms with Crippen LogP contribution in [0.1, 0.15) is 0 Å². The van der Waals surface area contributed by atoms with E-state index < -0.39 is 15.2 Å². The van der Waals surface area contributed by atoms with E-state index in [1.807, 2.05) is 0 Å². The zero-order valence-electron chi connectivity index (χ0n) is 3.96. The van der Waals surface area contributed by atoms with Gasteiger partial charge in [-0.05, 0) is 0 Å². The summed E-state index contributed by atoms with van der Waals surface area (Å²) in [6, 6.07) is 0. The first-order chi connectivity index (χ1) is 3.67. The maximum atomic E-state index is 10.3. The molecule has 0 saturated carbocycles. The lowest BCUT2D eigenvalue weighted by Crippen LogP contribution is -2.10. The number of rotatable bonds is 1. The first-order valence-electron chi connectivity index (χ1n) is 2.03. The minimum Gasteiger partial charge on any atom is -0.305 e. The average molecular weight is 132 g/mol. The second-order valence-corrected chi connectivity index (χ2v) is 3.80. The summed E-state index contributed by atoms with van der Waals surface area (Å²) in [5.74, 6) is 0.112. The molecule has 0 aromatic carbocycles. The van der Waals surface area contributed by atoms with E-state index in [0.717, 1.165) is 0 Å². The van der Waals surface area contributed by atoms with Crippen LogP contribution in [-0.2, 0) is 9.84 Å². The normalized spacial score (nSPS) is 30.6. The Balaban J connectivity index is 2.53. The van der Waals surface area contributed by atoms with Crippen LogP contribution in [-0.4, -0.2) is 19.5 Å². The van der Waals surface area contributed by atoms with Gasteiger partial charge in [0.05, 0.1) is 5.75 Å². The summed E-state index contributed by atoms with van der Waals surface area (Å²) >= 11 is 0. The fraction of sp³-hybridized carbons (Fsp3) is 0.667. The van der Waals surface area contributed by atoms with Crippen molar-refractivity contribution in [3.63, 3.8) is 0 Å². The number of nitriles is 1. The first kappa shape index (κ1) is 5.38. The van der Waals surface area contributed by atoms with Crippen LogP contribution in [0.15, 0.2) is 0 Å². The quantitative estimate of drug-likeness (QED) is 0.277. The molecule has 5 heteroatoms. The third-order valence-corrected chi connectivity index (χ3v) is 2.45. The molecular formula is C3H4N2O2S. The summed E-state index contributed by atoms with van der Waals surface area (Å²) in [6.45, 7) is 0. The molecule has 0 aliphatic carbocycles. The van der Waals surface area contributed by atoms with Crippen LogP contribution < -0.4 is 5.32 Å². The molecule has 1 unspecified atom stereocenters. The van der Waals surface area contributed by atoms with Gasteiger partial charge in [0.25, 0.3) is 0 Å². The van der Waals surface area contributed by atoms with E-state index in [0.29, 0.717) is 0 Å². The maximum Gasteiger partial charge on any atom is 0.177 e. The van der Waals surface area contributed by atoms with E-state index in [1.165, 1.54) is 0 Å². The third-order valence-electron chi connectivity index (χ3n) is 0.927. The van der Waals surface area contributed by atoms with Gasteiger partial charge in [-0.1, -0.05) is 0 Å². The van der Waals surface area contributed by atoms with Crippen molar-refractivity contribution in [3.8, 4) is 6.19 Å². The van der Waals surface area contributed by atoms with Crippen LogP contribution in [0.4, 0.5) is 0 Å². The summed E-state index contributed by atoms with van der Waals surface area (Å²) in [4.78, 5) is 0. The van der Waals surface area contributed by atoms with Gasteiger partial charge in [0, 0.05) is 0 Å². The second-order valence-electron chi connectivity index (χ2n) is 1.57. The standard InChI is InChI=1S/C3H4N2O2S/c4-2-5-3-1-8(3,6)7/h3,5H,1H2. The lowest BCUT2D eigenvalue weighted by molar-refractivity contribution is 0.610. The SMILES string of the molecule is N#CNC1CS1(=O)=O. The van der Waals surface area contributed by atoms with Crippen molar-refractivity contribution in [1.82, 2.24) is 5.32 Å². The van der Waals surface area contributed by atoms with Crippen LogP contribution in [0.25, 0.3) is 0 Å². The van der Waals surface area contributed by atoms with Crippen LogP contribution in [0, 0.1) is 11.5 Å². The van der Waals surface area contributed by atoms with Gasteiger partial charge in [0.1, 0.15) is 0 Å². The smallest absolute Gasteiger partial charge is 0.177 e. The van der Waals surface area contributed by atoms with Gasteiger partial charge in [0.2, 0.25) is 0 Å². The van der Waals surface area contributed by atoms with Gasteiger partial charge in [0.15, 0.2) is 21.4 Å². The third kappa shape index (κ3) is 0.746. The lowest BCUT2D eigenvalue weighted by Gasteiger charge is -1.78. The molecule has 1 rings (SSSR count). The van der Waals surface area contributed by atoms with Gasteiger partial charge < -0.3 is 5.32 Å². The van der Waals surface area contributed by atoms with Crippen LogP contribution in [0.5, 0.6) is 0 Å². The fourth-order valence-corrected chi connectivity index (χ4v) is 1.37. The molecule has 1 saturated heterocycles. The first-order valence-corrected chi connectivity index (χ1v) is 3.74. The maximum absolute atomic E-state index is 10.3. The summed E-state index contributed by atoms with van der Waals surface area (Å²) in [6.07, 6.45) is 1.56. The van der Waals surface area contributed by atoms with E-state index in [4.69, 9.17) is 5.26 Å². The Morgan fingerprint density at radius 1 is 1.75 bits per heavy atom. The fourth-order valence-electron chi connectivity index (χ4n) is 0.375. The van der Waals surface area contributed by atoms with Gasteiger partial charge >= 0.3 is 0 Å². The number of nitrogens with one attached hydrogen (secondary N) is 1. The molecule has 1 heterocycles. The summed E-state index contributed by atoms with van der Waals surface area (Å²) in [7, 11) is -2.85. The largest absolute Gasteiger partial charge is 0.305 e. The van der Waals surface area contributed by atoms with Crippen molar-refractivity contribution >= 4 is 9.84 Å². The minimum atomic E-state index is -2.85. The topological polar surface area (TPSA) is 70.0 Å². The molecule has 0 bridgehead atoms. The molecule has 0 radical (unpaired) electrons. The molecule has 1 atom stereocenters. The van der Waals surface area contributed by atoms with Crippen molar-refractivity contribution in [3.05, 3.63) is 0 Å². The summed E-state index contributed by atoms with van der Waals surface area (Å²) in [5, 5.41) is 9.43. The highest BCUT2D eigenvalue weighted by atomic mass is 32.2. The zero-order chi connectivity index (χ0) is 6.20. The van der Waals surface area contributed by atoms with E-state index in [2.05, 4.69) is 5.32 Å². The monoisotopic (exact) mass is 132 g/mol. The van der Waals surface area contributed by atoms with Gasteiger partial charge in [-0.15, -0.1) is 0 Å². The predicted molar refractivity (Wildman–Crippen MR) is 26.3 cm³/mol. The molecular weight excluding hydrogens is 128 g/mol. The molecule has 0 spiro atoms. The van der Waals surface area contributed by atoms with Crippen LogP contribution >= 0.6 is 0 Å². The van der Waals surface area contributed by atoms with Gasteiger partial charge in [-0.2, -0.15) is 5.26 Å². The number of hydrogen-bond acceptors (Lipinski definition) is 4. The lowest BCUT2D eigenvalue weighted by atomic mass is 10.8. The Kier molecular flexibility index (Phi) is 0.912. The molecule has 0 amide bonds. The minimum absolute atomic E-state index is 0.112. The second kappa shape index (κ2) is 1.36. The Bertz CT molecular complexity index is 224. The van der Waals surface area contributed by atoms with E-state index in [9.17, 15) is 8.42 Å². The molecule has 1 aliphatic heterocycles. The van der Waals surface area contributed by atoms with Crippen molar-refractivity contribution in [2.24, 2.45) is 0 Å². The molecule has 8 heavy (non-hydrogen) atoms. The Labute approximate surface area is 47.0 Å². The zero-order valence-corrected chi connectivity index (χ0v) is 4.77. The number of hydrogen-bond donors (Lipinski definition) is 1. The van der Waals surface area contributed by atoms with Crippen LogP contribution in [0.2, 0.25) is 0 Å². The van der Waals surface area contributed by atoms with Crippen molar-refractivity contribution < 1.29 is 8.42 Å². The van der Waals surface area contributed by atoms with Crippen molar-refractivity contribution in [2.45, 2.75) is 5.37 Å². The summed E-state index contributed by atoms with van der Waals surface area (Å²) in [5.41, 5.74) is 0. The Morgan fingerprint density at radius 3 is 2.38 bits per heavy atom. The van der Waals surface area contributed by atoms with Crippen molar-refractivity contribution in [2.75, 3.05) is 5.75 Å². The molecule has 1 fully saturated rings. The van der Waals surface area contributed by atoms with Crippen LogP contribution in [0.3, 0.4) is 0 Å². The number of sulfone groups is 1. The Hall–Kier alpha value is -0.760. The van der Waals surface area contributed by atoms with Gasteiger partial charge in [-0.3, -0.25) is 0 Å². The van der Waals surface area contributed by atoms with E-state index in [1.54, 1.807) is 6.19 Å². The molecule has 4 nitrogen and oxygen atoms in total. The van der Waals surface area contributed by atoms with Gasteiger partial charge in [-0.25, -0.2) is 8.42 Å². The average Bonchev–Trinajstić information content (AvgIpc) is 2.15. The van der Waals surface area contributed by atoms with E-state index >= 15 is 0 Å². The summed E-state index contributed by atoms with van der Waals surface area (Å²) < 4.78 is 20.5. The van der Waals surface area contributed by atoms with Crippen molar-refractivity contribution in [1.29, 1.82) is 5.26 Å².